The number of nitrogens with one attached hydrogen (secondary N) is 1. The molecule has 0 saturated heterocycles. The van der Waals surface area contributed by atoms with Gasteiger partial charge in [-0.3, -0.25) is 4.90 Å². The number of rotatable bonds is 3. The van der Waals surface area contributed by atoms with Crippen LogP contribution in [-0.2, 0) is 13.0 Å². The van der Waals surface area contributed by atoms with Gasteiger partial charge in [-0.25, -0.2) is 9.37 Å². The van der Waals surface area contributed by atoms with Crippen LogP contribution in [0.3, 0.4) is 0 Å². The van der Waals surface area contributed by atoms with Crippen molar-refractivity contribution in [3.8, 4) is 0 Å². The van der Waals surface area contributed by atoms with Crippen molar-refractivity contribution in [2.24, 2.45) is 0 Å². The predicted molar refractivity (Wildman–Crippen MR) is 77.4 cm³/mol. The summed E-state index contributed by atoms with van der Waals surface area (Å²) in [6.07, 6.45) is 4.27. The Morgan fingerprint density at radius 3 is 2.91 bits per heavy atom. The normalized spacial score (nSPS) is 18.3. The molecule has 3 heterocycles. The van der Waals surface area contributed by atoms with Gasteiger partial charge in [0.1, 0.15) is 5.82 Å². The number of hydrogen-bond donors (Lipinski definition) is 1. The van der Waals surface area contributed by atoms with E-state index in [0.717, 1.165) is 35.7 Å². The average molecular weight is 298 g/mol. The summed E-state index contributed by atoms with van der Waals surface area (Å²) in [5.74, 6) is 0.578. The maximum absolute atomic E-state index is 13.2. The first-order chi connectivity index (χ1) is 10.8. The number of hydrogen-bond acceptors (Lipinski definition) is 4. The fourth-order valence-electron chi connectivity index (χ4n) is 3.03. The SMILES string of the molecule is Fc1ccc(C2c3nc[nH]c3CCN2Cc2ccno2)cc1. The van der Waals surface area contributed by atoms with Gasteiger partial charge in [-0.15, -0.1) is 0 Å². The molecule has 1 aromatic carbocycles. The molecular formula is C16H15FN4O. The van der Waals surface area contributed by atoms with Crippen LogP contribution in [-0.4, -0.2) is 26.6 Å². The standard InChI is InChI=1S/C16H15FN4O/c17-12-3-1-11(2-4-12)16-15-14(18-10-19-15)6-8-21(16)9-13-5-7-20-22-13/h1-5,7,10,16H,6,8-9H2,(H,18,19). The van der Waals surface area contributed by atoms with Gasteiger partial charge in [0.15, 0.2) is 5.76 Å². The Morgan fingerprint density at radius 1 is 1.27 bits per heavy atom. The molecule has 0 radical (unpaired) electrons. The van der Waals surface area contributed by atoms with Crippen molar-refractivity contribution in [1.82, 2.24) is 20.0 Å². The maximum Gasteiger partial charge on any atom is 0.150 e. The number of aromatic amines is 1. The van der Waals surface area contributed by atoms with E-state index in [1.165, 1.54) is 12.1 Å². The van der Waals surface area contributed by atoms with Crippen LogP contribution in [0, 0.1) is 5.82 Å². The molecule has 0 bridgehead atoms. The number of halogens is 1. The van der Waals surface area contributed by atoms with E-state index >= 15 is 0 Å². The third-order valence-corrected chi connectivity index (χ3v) is 4.06. The molecule has 0 aliphatic carbocycles. The molecule has 0 spiro atoms. The van der Waals surface area contributed by atoms with Gasteiger partial charge in [0, 0.05) is 24.7 Å². The van der Waals surface area contributed by atoms with E-state index in [1.54, 1.807) is 12.5 Å². The molecule has 1 unspecified atom stereocenters. The minimum atomic E-state index is -0.233. The Balaban J connectivity index is 1.72. The van der Waals surface area contributed by atoms with Crippen molar-refractivity contribution in [2.75, 3.05) is 6.54 Å². The fourth-order valence-corrected chi connectivity index (χ4v) is 3.03. The third-order valence-electron chi connectivity index (χ3n) is 4.06. The van der Waals surface area contributed by atoms with Crippen molar-refractivity contribution >= 4 is 0 Å². The second-order valence-corrected chi connectivity index (χ2v) is 5.42. The minimum Gasteiger partial charge on any atom is -0.360 e. The molecule has 3 aromatic rings. The molecule has 1 aliphatic heterocycles. The number of imidazole rings is 1. The quantitative estimate of drug-likeness (QED) is 0.807. The van der Waals surface area contributed by atoms with Crippen LogP contribution >= 0.6 is 0 Å². The summed E-state index contributed by atoms with van der Waals surface area (Å²) in [7, 11) is 0. The zero-order valence-electron chi connectivity index (χ0n) is 11.9. The average Bonchev–Trinajstić information content (AvgIpc) is 3.19. The van der Waals surface area contributed by atoms with E-state index < -0.39 is 0 Å². The number of fused-ring (bicyclic) bond motifs is 1. The first-order valence-electron chi connectivity index (χ1n) is 7.22. The summed E-state index contributed by atoms with van der Waals surface area (Å²) in [6.45, 7) is 1.52. The molecule has 2 aromatic heterocycles. The lowest BCUT2D eigenvalue weighted by Gasteiger charge is -2.34. The number of H-pyrrole nitrogens is 1. The lowest BCUT2D eigenvalue weighted by Crippen LogP contribution is -2.35. The van der Waals surface area contributed by atoms with Crippen LogP contribution in [0.5, 0.6) is 0 Å². The summed E-state index contributed by atoms with van der Waals surface area (Å²) < 4.78 is 18.5. The Bertz CT molecular complexity index is 751. The van der Waals surface area contributed by atoms with Crippen molar-refractivity contribution in [1.29, 1.82) is 0 Å². The van der Waals surface area contributed by atoms with Gasteiger partial charge in [-0.1, -0.05) is 17.3 Å². The first-order valence-corrected chi connectivity index (χ1v) is 7.22. The van der Waals surface area contributed by atoms with Crippen LogP contribution < -0.4 is 0 Å². The molecule has 22 heavy (non-hydrogen) atoms. The highest BCUT2D eigenvalue weighted by atomic mass is 19.1. The second-order valence-electron chi connectivity index (χ2n) is 5.42. The summed E-state index contributed by atoms with van der Waals surface area (Å²) >= 11 is 0. The minimum absolute atomic E-state index is 0.0132. The Hall–Kier alpha value is -2.47. The maximum atomic E-state index is 13.2. The van der Waals surface area contributed by atoms with Crippen LogP contribution in [0.25, 0.3) is 0 Å². The van der Waals surface area contributed by atoms with Crippen LogP contribution in [0.15, 0.2) is 47.4 Å². The molecule has 5 nitrogen and oxygen atoms in total. The molecule has 0 saturated carbocycles. The van der Waals surface area contributed by atoms with Gasteiger partial charge in [0.25, 0.3) is 0 Å². The first kappa shape index (κ1) is 13.2. The number of nitrogens with zero attached hydrogens (tertiary/aromatic N) is 3. The largest absolute Gasteiger partial charge is 0.360 e. The molecule has 6 heteroatoms. The summed E-state index contributed by atoms with van der Waals surface area (Å²) in [4.78, 5) is 9.95. The summed E-state index contributed by atoms with van der Waals surface area (Å²) in [5.41, 5.74) is 3.16. The van der Waals surface area contributed by atoms with Gasteiger partial charge in [0.05, 0.1) is 30.8 Å². The molecule has 4 rings (SSSR count). The van der Waals surface area contributed by atoms with Gasteiger partial charge in [-0.05, 0) is 17.7 Å². The number of benzene rings is 1. The Kier molecular flexibility index (Phi) is 3.23. The van der Waals surface area contributed by atoms with E-state index in [2.05, 4.69) is 20.0 Å². The van der Waals surface area contributed by atoms with Crippen LogP contribution in [0.4, 0.5) is 4.39 Å². The summed E-state index contributed by atoms with van der Waals surface area (Å²) in [5, 5.41) is 3.76. The Morgan fingerprint density at radius 2 is 2.14 bits per heavy atom. The molecule has 1 atom stereocenters. The second kappa shape index (κ2) is 5.38. The topological polar surface area (TPSA) is 58.0 Å². The van der Waals surface area contributed by atoms with E-state index in [9.17, 15) is 4.39 Å². The highest BCUT2D eigenvalue weighted by Gasteiger charge is 2.31. The van der Waals surface area contributed by atoms with Gasteiger partial charge in [-0.2, -0.15) is 0 Å². The van der Waals surface area contributed by atoms with E-state index in [0.29, 0.717) is 6.54 Å². The lowest BCUT2D eigenvalue weighted by atomic mass is 9.95. The molecule has 0 amide bonds. The zero-order chi connectivity index (χ0) is 14.9. The monoisotopic (exact) mass is 298 g/mol. The number of aromatic nitrogens is 3. The lowest BCUT2D eigenvalue weighted by molar-refractivity contribution is 0.178. The molecule has 1 aliphatic rings. The van der Waals surface area contributed by atoms with Crippen molar-refractivity contribution < 1.29 is 8.91 Å². The van der Waals surface area contributed by atoms with E-state index in [4.69, 9.17) is 4.52 Å². The van der Waals surface area contributed by atoms with Gasteiger partial charge < -0.3 is 9.51 Å². The Labute approximate surface area is 126 Å². The van der Waals surface area contributed by atoms with Crippen LogP contribution in [0.2, 0.25) is 0 Å². The smallest absolute Gasteiger partial charge is 0.150 e. The predicted octanol–water partition coefficient (Wildman–Crippen LogP) is 2.68. The van der Waals surface area contributed by atoms with Crippen LogP contribution in [0.1, 0.15) is 28.8 Å². The highest BCUT2D eigenvalue weighted by Crippen LogP contribution is 2.34. The zero-order valence-corrected chi connectivity index (χ0v) is 11.9. The summed E-state index contributed by atoms with van der Waals surface area (Å²) in [6, 6.07) is 8.46. The van der Waals surface area contributed by atoms with E-state index in [1.807, 2.05) is 18.2 Å². The third kappa shape index (κ3) is 2.31. The molecule has 0 fully saturated rings. The fraction of sp³-hybridized carbons (Fsp3) is 0.250. The highest BCUT2D eigenvalue weighted by molar-refractivity contribution is 5.32. The molecule has 112 valence electrons. The van der Waals surface area contributed by atoms with Crippen molar-refractivity contribution in [3.05, 3.63) is 71.4 Å². The molecular weight excluding hydrogens is 283 g/mol. The van der Waals surface area contributed by atoms with Crippen molar-refractivity contribution in [3.63, 3.8) is 0 Å². The molecule has 1 N–H and O–H groups in total. The van der Waals surface area contributed by atoms with E-state index in [-0.39, 0.29) is 11.9 Å². The van der Waals surface area contributed by atoms with Crippen molar-refractivity contribution in [2.45, 2.75) is 19.0 Å². The van der Waals surface area contributed by atoms with Gasteiger partial charge >= 0.3 is 0 Å². The van der Waals surface area contributed by atoms with Gasteiger partial charge in [0.2, 0.25) is 0 Å².